The molecule has 0 aliphatic carbocycles. The Bertz CT molecular complexity index is 287. The summed E-state index contributed by atoms with van der Waals surface area (Å²) in [5.74, 6) is 0.858. The Hall–Kier alpha value is -0.570. The van der Waals surface area contributed by atoms with Crippen LogP contribution in [0, 0.1) is 11.8 Å². The SMILES string of the molecule is CCCC(CC)CNC(CCC)(C(N)=O)C(CCC)CCC. The minimum atomic E-state index is -0.512. The molecule has 0 spiro atoms. The number of primary amides is 1. The van der Waals surface area contributed by atoms with E-state index in [2.05, 4.69) is 39.9 Å². The third-order valence-electron chi connectivity index (χ3n) is 5.04. The molecule has 0 aliphatic rings. The molecule has 0 bridgehead atoms. The van der Waals surface area contributed by atoms with Crippen LogP contribution >= 0.6 is 0 Å². The zero-order valence-electron chi connectivity index (χ0n) is 15.7. The van der Waals surface area contributed by atoms with Gasteiger partial charge in [-0.25, -0.2) is 0 Å². The molecule has 3 nitrogen and oxygen atoms in total. The number of hydrogen-bond donors (Lipinski definition) is 2. The monoisotopic (exact) mass is 312 g/mol. The normalized spacial score (nSPS) is 15.7. The molecule has 0 fully saturated rings. The van der Waals surface area contributed by atoms with Crippen molar-refractivity contribution < 1.29 is 4.79 Å². The molecule has 3 heteroatoms. The quantitative estimate of drug-likeness (QED) is 0.491. The summed E-state index contributed by atoms with van der Waals surface area (Å²) in [6, 6.07) is 0. The van der Waals surface area contributed by atoms with Gasteiger partial charge in [-0.1, -0.05) is 66.7 Å². The first kappa shape index (κ1) is 21.4. The summed E-state index contributed by atoms with van der Waals surface area (Å²) in [5, 5.41) is 3.66. The van der Waals surface area contributed by atoms with Crippen LogP contribution in [0.2, 0.25) is 0 Å². The van der Waals surface area contributed by atoms with E-state index in [1.165, 1.54) is 12.8 Å². The van der Waals surface area contributed by atoms with Crippen LogP contribution in [0.25, 0.3) is 0 Å². The summed E-state index contributed by atoms with van der Waals surface area (Å²) in [4.78, 5) is 12.4. The first-order valence-electron chi connectivity index (χ1n) is 9.57. The van der Waals surface area contributed by atoms with Gasteiger partial charge in [0, 0.05) is 0 Å². The number of nitrogens with two attached hydrogens (primary N) is 1. The zero-order chi connectivity index (χ0) is 17.0. The standard InChI is InChI=1S/C19H40N2O/c1-6-11-16(10-5)15-21-19(14-9-4,18(20)22)17(12-7-2)13-8-3/h16-17,21H,6-15H2,1-5H3,(H2,20,22). The van der Waals surface area contributed by atoms with E-state index >= 15 is 0 Å². The van der Waals surface area contributed by atoms with E-state index in [4.69, 9.17) is 5.73 Å². The second-order valence-electron chi connectivity index (χ2n) is 6.80. The van der Waals surface area contributed by atoms with Gasteiger partial charge in [0.25, 0.3) is 0 Å². The third-order valence-corrected chi connectivity index (χ3v) is 5.04. The van der Waals surface area contributed by atoms with Gasteiger partial charge in [-0.05, 0) is 44.1 Å². The van der Waals surface area contributed by atoms with Gasteiger partial charge < -0.3 is 11.1 Å². The Labute approximate surface area is 138 Å². The van der Waals surface area contributed by atoms with E-state index in [1.807, 2.05) is 0 Å². The van der Waals surface area contributed by atoms with Crippen molar-refractivity contribution in [2.24, 2.45) is 17.6 Å². The average Bonchev–Trinajstić information content (AvgIpc) is 2.49. The first-order chi connectivity index (χ1) is 10.5. The molecule has 0 aromatic heterocycles. The van der Waals surface area contributed by atoms with Crippen LogP contribution in [0.15, 0.2) is 0 Å². The molecule has 0 saturated heterocycles. The molecule has 0 radical (unpaired) electrons. The van der Waals surface area contributed by atoms with Crippen molar-refractivity contribution in [2.75, 3.05) is 6.54 Å². The van der Waals surface area contributed by atoms with Crippen molar-refractivity contribution in [1.82, 2.24) is 5.32 Å². The molecule has 0 saturated carbocycles. The molecule has 0 heterocycles. The number of carbonyl (C=O) groups excluding carboxylic acids is 1. The molecule has 22 heavy (non-hydrogen) atoms. The number of hydrogen-bond acceptors (Lipinski definition) is 2. The molecule has 0 aromatic carbocycles. The van der Waals surface area contributed by atoms with Crippen molar-refractivity contribution in [2.45, 2.75) is 97.9 Å². The average molecular weight is 313 g/mol. The van der Waals surface area contributed by atoms with Crippen molar-refractivity contribution in [3.05, 3.63) is 0 Å². The molecular formula is C19H40N2O. The molecule has 1 amide bonds. The topological polar surface area (TPSA) is 55.1 Å². The lowest BCUT2D eigenvalue weighted by Gasteiger charge is -2.40. The highest BCUT2D eigenvalue weighted by atomic mass is 16.1. The van der Waals surface area contributed by atoms with Gasteiger partial charge >= 0.3 is 0 Å². The predicted molar refractivity (Wildman–Crippen MR) is 96.8 cm³/mol. The highest BCUT2D eigenvalue weighted by molar-refractivity contribution is 5.85. The van der Waals surface area contributed by atoms with E-state index < -0.39 is 5.54 Å². The molecule has 2 atom stereocenters. The smallest absolute Gasteiger partial charge is 0.238 e. The molecule has 0 aliphatic heterocycles. The number of carbonyl (C=O) groups is 1. The van der Waals surface area contributed by atoms with Crippen molar-refractivity contribution in [1.29, 1.82) is 0 Å². The van der Waals surface area contributed by atoms with Gasteiger partial charge in [0.15, 0.2) is 0 Å². The molecule has 0 aromatic rings. The number of rotatable bonds is 14. The second kappa shape index (κ2) is 11.9. The van der Waals surface area contributed by atoms with Gasteiger partial charge in [0.2, 0.25) is 5.91 Å². The number of amides is 1. The van der Waals surface area contributed by atoms with Crippen molar-refractivity contribution in [3.63, 3.8) is 0 Å². The lowest BCUT2D eigenvalue weighted by Crippen LogP contribution is -2.61. The maximum absolute atomic E-state index is 12.4. The lowest BCUT2D eigenvalue weighted by atomic mass is 9.74. The van der Waals surface area contributed by atoms with Crippen LogP contribution in [0.5, 0.6) is 0 Å². The van der Waals surface area contributed by atoms with E-state index in [0.29, 0.717) is 11.8 Å². The Kier molecular flexibility index (Phi) is 11.6. The van der Waals surface area contributed by atoms with Crippen LogP contribution in [0.3, 0.4) is 0 Å². The fourth-order valence-corrected chi connectivity index (χ4v) is 3.76. The van der Waals surface area contributed by atoms with Crippen molar-refractivity contribution in [3.8, 4) is 0 Å². The highest BCUT2D eigenvalue weighted by Crippen LogP contribution is 2.31. The van der Waals surface area contributed by atoms with Crippen LogP contribution in [0.1, 0.15) is 92.4 Å². The van der Waals surface area contributed by atoms with Crippen LogP contribution in [0.4, 0.5) is 0 Å². The van der Waals surface area contributed by atoms with E-state index in [-0.39, 0.29) is 5.91 Å². The van der Waals surface area contributed by atoms with Crippen LogP contribution in [-0.2, 0) is 4.79 Å². The summed E-state index contributed by atoms with van der Waals surface area (Å²) >= 11 is 0. The molecule has 3 N–H and O–H groups in total. The predicted octanol–water partition coefficient (Wildman–Crippen LogP) is 4.64. The minimum absolute atomic E-state index is 0.146. The van der Waals surface area contributed by atoms with Gasteiger partial charge in [-0.3, -0.25) is 4.79 Å². The van der Waals surface area contributed by atoms with E-state index in [0.717, 1.165) is 51.5 Å². The first-order valence-corrected chi connectivity index (χ1v) is 9.57. The van der Waals surface area contributed by atoms with Crippen LogP contribution in [-0.4, -0.2) is 18.0 Å². The van der Waals surface area contributed by atoms with Gasteiger partial charge in [0.1, 0.15) is 5.54 Å². The summed E-state index contributed by atoms with van der Waals surface area (Å²) < 4.78 is 0. The highest BCUT2D eigenvalue weighted by Gasteiger charge is 2.42. The molecule has 0 rings (SSSR count). The van der Waals surface area contributed by atoms with Crippen LogP contribution < -0.4 is 11.1 Å². The van der Waals surface area contributed by atoms with E-state index in [9.17, 15) is 4.79 Å². The van der Waals surface area contributed by atoms with Gasteiger partial charge in [-0.15, -0.1) is 0 Å². The molecule has 2 unspecified atom stereocenters. The Morgan fingerprint density at radius 1 is 0.955 bits per heavy atom. The number of nitrogens with one attached hydrogen (secondary N) is 1. The Balaban J connectivity index is 5.23. The Morgan fingerprint density at radius 3 is 1.86 bits per heavy atom. The molecule has 132 valence electrons. The summed E-state index contributed by atoms with van der Waals surface area (Å²) in [6.07, 6.45) is 9.80. The lowest BCUT2D eigenvalue weighted by molar-refractivity contribution is -0.127. The minimum Gasteiger partial charge on any atom is -0.368 e. The van der Waals surface area contributed by atoms with Gasteiger partial charge in [-0.2, -0.15) is 0 Å². The Morgan fingerprint density at radius 2 is 1.50 bits per heavy atom. The maximum Gasteiger partial charge on any atom is 0.238 e. The van der Waals surface area contributed by atoms with Crippen molar-refractivity contribution >= 4 is 5.91 Å². The fraction of sp³-hybridized carbons (Fsp3) is 0.947. The summed E-state index contributed by atoms with van der Waals surface area (Å²) in [5.41, 5.74) is 5.41. The third kappa shape index (κ3) is 6.28. The van der Waals surface area contributed by atoms with Gasteiger partial charge in [0.05, 0.1) is 0 Å². The largest absolute Gasteiger partial charge is 0.368 e. The molecular weight excluding hydrogens is 272 g/mol. The summed E-state index contributed by atoms with van der Waals surface area (Å²) in [7, 11) is 0. The zero-order valence-corrected chi connectivity index (χ0v) is 15.7. The summed E-state index contributed by atoms with van der Waals surface area (Å²) in [6.45, 7) is 11.9. The fourth-order valence-electron chi connectivity index (χ4n) is 3.76. The second-order valence-corrected chi connectivity index (χ2v) is 6.80. The van der Waals surface area contributed by atoms with E-state index in [1.54, 1.807) is 0 Å². The maximum atomic E-state index is 12.4.